The molecule has 1 aromatic carbocycles. The molecule has 2 N–H and O–H groups in total. The number of fused-ring (bicyclic) bond motifs is 4. The van der Waals surface area contributed by atoms with Crippen molar-refractivity contribution in [3.8, 4) is 23.0 Å². The van der Waals surface area contributed by atoms with Gasteiger partial charge >= 0.3 is 12.2 Å². The first-order valence-electron chi connectivity index (χ1n) is 14.0. The molecule has 4 saturated heterocycles. The number of piperazine rings is 1. The Morgan fingerprint density at radius 2 is 1.80 bits per heavy atom. The van der Waals surface area contributed by atoms with E-state index in [2.05, 4.69) is 25.1 Å². The van der Waals surface area contributed by atoms with Crippen LogP contribution in [0.15, 0.2) is 18.3 Å². The van der Waals surface area contributed by atoms with Gasteiger partial charge in [-0.2, -0.15) is 23.1 Å². The van der Waals surface area contributed by atoms with E-state index in [0.717, 1.165) is 63.7 Å². The number of alkyl halides is 3. The number of nitrogens with zero attached hydrogens (tertiary/aromatic N) is 5. The molecule has 0 spiro atoms. The summed E-state index contributed by atoms with van der Waals surface area (Å²) in [5.41, 5.74) is -2.87. The van der Waals surface area contributed by atoms with Gasteiger partial charge in [-0.3, -0.25) is 9.88 Å². The van der Waals surface area contributed by atoms with Crippen LogP contribution in [0.1, 0.15) is 44.1 Å². The number of anilines is 1. The highest BCUT2D eigenvalue weighted by Crippen LogP contribution is 2.45. The summed E-state index contributed by atoms with van der Waals surface area (Å²) in [6.07, 6.45) is 2.56. The van der Waals surface area contributed by atoms with E-state index in [1.807, 2.05) is 0 Å². The van der Waals surface area contributed by atoms with Gasteiger partial charge in [0, 0.05) is 36.9 Å². The Bertz CT molecular complexity index is 1500. The highest BCUT2D eigenvalue weighted by atomic mass is 35.5. The molecule has 4 aliphatic rings. The Labute approximate surface area is 238 Å². The van der Waals surface area contributed by atoms with Crippen molar-refractivity contribution in [2.24, 2.45) is 0 Å². The zero-order valence-electron chi connectivity index (χ0n) is 22.1. The molecule has 6 heterocycles. The van der Waals surface area contributed by atoms with Crippen LogP contribution in [0.3, 0.4) is 0 Å². The fourth-order valence-electron chi connectivity index (χ4n) is 7.21. The number of halogens is 5. The van der Waals surface area contributed by atoms with Crippen molar-refractivity contribution < 1.29 is 27.4 Å². The maximum Gasteiger partial charge on any atom is 0.418 e. The third-order valence-corrected chi connectivity index (χ3v) is 9.35. The SMILES string of the molecule is Oc1cc(Cl)c(C(F)(F)F)c(-c2ncc3c(N4CC5CCC(C4)N5)nc(OCC45CCCN4CCC5)nc3c2F)c1. The molecule has 0 radical (unpaired) electrons. The van der Waals surface area contributed by atoms with Crippen molar-refractivity contribution >= 4 is 28.3 Å². The number of phenolic OH excluding ortho intramolecular Hbond substituents is 1. The van der Waals surface area contributed by atoms with E-state index in [0.29, 0.717) is 25.5 Å². The number of hydrogen-bond acceptors (Lipinski definition) is 8. The quantitative estimate of drug-likeness (QED) is 0.393. The van der Waals surface area contributed by atoms with Gasteiger partial charge < -0.3 is 20.1 Å². The molecule has 3 aromatic rings. The van der Waals surface area contributed by atoms with Crippen molar-refractivity contribution in [1.82, 2.24) is 25.2 Å². The summed E-state index contributed by atoms with van der Waals surface area (Å²) in [4.78, 5) is 17.7. The Morgan fingerprint density at radius 1 is 1.10 bits per heavy atom. The maximum absolute atomic E-state index is 16.3. The molecular weight excluding hydrogens is 564 g/mol. The molecule has 0 amide bonds. The van der Waals surface area contributed by atoms with Crippen LogP contribution in [0, 0.1) is 5.82 Å². The van der Waals surface area contributed by atoms with Gasteiger partial charge in [0.2, 0.25) is 0 Å². The van der Waals surface area contributed by atoms with E-state index in [1.165, 1.54) is 6.20 Å². The molecule has 2 aromatic heterocycles. The molecular formula is C28H29ClF4N6O2. The molecule has 41 heavy (non-hydrogen) atoms. The number of benzene rings is 1. The van der Waals surface area contributed by atoms with Crippen molar-refractivity contribution in [2.45, 2.75) is 62.3 Å². The molecule has 8 nitrogen and oxygen atoms in total. The number of aromatic hydroxyl groups is 1. The summed E-state index contributed by atoms with van der Waals surface area (Å²) in [5.74, 6) is -1.17. The number of aromatic nitrogens is 3. The lowest BCUT2D eigenvalue weighted by Crippen LogP contribution is -2.51. The van der Waals surface area contributed by atoms with E-state index in [9.17, 15) is 18.3 Å². The average molecular weight is 593 g/mol. The van der Waals surface area contributed by atoms with Crippen LogP contribution in [0.25, 0.3) is 22.2 Å². The molecule has 7 rings (SSSR count). The number of rotatable bonds is 5. The molecule has 2 unspecified atom stereocenters. The second-order valence-corrected chi connectivity index (χ2v) is 12.0. The third-order valence-electron chi connectivity index (χ3n) is 9.05. The summed E-state index contributed by atoms with van der Waals surface area (Å²) in [6.45, 7) is 3.65. The van der Waals surface area contributed by atoms with Gasteiger partial charge in [0.1, 0.15) is 29.4 Å². The Kier molecular flexibility index (Phi) is 6.44. The summed E-state index contributed by atoms with van der Waals surface area (Å²) in [6, 6.07) is 2.08. The lowest BCUT2D eigenvalue weighted by atomic mass is 9.95. The molecule has 0 saturated carbocycles. The molecule has 13 heteroatoms. The molecule has 2 atom stereocenters. The fraction of sp³-hybridized carbons (Fsp3) is 0.536. The summed E-state index contributed by atoms with van der Waals surface area (Å²) < 4.78 is 64.5. The van der Waals surface area contributed by atoms with E-state index in [-0.39, 0.29) is 34.5 Å². The maximum atomic E-state index is 16.3. The Balaban J connectivity index is 1.35. The standard InChI is InChI=1S/C28H29ClF4N6O2/c29-20-10-17(40)9-18(21(20)28(31,32)33)23-22(30)24-19(11-34-23)25(38-12-15-3-4-16(13-38)35-15)37-26(36-24)41-14-27-5-1-7-39(27)8-2-6-27/h9-11,15-16,35,40H,1-8,12-14H2. The van der Waals surface area contributed by atoms with Gasteiger partial charge in [0.15, 0.2) is 5.82 Å². The first-order chi connectivity index (χ1) is 19.6. The van der Waals surface area contributed by atoms with Crippen LogP contribution in [-0.2, 0) is 6.18 Å². The Morgan fingerprint density at radius 3 is 2.49 bits per heavy atom. The van der Waals surface area contributed by atoms with Gasteiger partial charge in [0.05, 0.1) is 21.5 Å². The van der Waals surface area contributed by atoms with Crippen LogP contribution >= 0.6 is 11.6 Å². The van der Waals surface area contributed by atoms with E-state index in [1.54, 1.807) is 0 Å². The monoisotopic (exact) mass is 592 g/mol. The van der Waals surface area contributed by atoms with Gasteiger partial charge in [-0.1, -0.05) is 11.6 Å². The second kappa shape index (κ2) is 9.81. The van der Waals surface area contributed by atoms with E-state index >= 15 is 4.39 Å². The predicted octanol–water partition coefficient (Wildman–Crippen LogP) is 5.16. The fourth-order valence-corrected chi connectivity index (χ4v) is 7.53. The molecule has 218 valence electrons. The van der Waals surface area contributed by atoms with Crippen molar-refractivity contribution in [3.63, 3.8) is 0 Å². The minimum atomic E-state index is -4.91. The first-order valence-corrected chi connectivity index (χ1v) is 14.3. The third kappa shape index (κ3) is 4.64. The summed E-state index contributed by atoms with van der Waals surface area (Å²) in [7, 11) is 0. The van der Waals surface area contributed by atoms with Gasteiger partial charge in [-0.05, 0) is 63.7 Å². The molecule has 4 fully saturated rings. The predicted molar refractivity (Wildman–Crippen MR) is 145 cm³/mol. The second-order valence-electron chi connectivity index (χ2n) is 11.6. The minimum Gasteiger partial charge on any atom is -0.508 e. The molecule has 2 bridgehead atoms. The number of nitrogens with one attached hydrogen (secondary N) is 1. The van der Waals surface area contributed by atoms with Crippen molar-refractivity contribution in [3.05, 3.63) is 34.7 Å². The number of ether oxygens (including phenoxy) is 1. The normalized spacial score (nSPS) is 23.9. The van der Waals surface area contributed by atoms with Crippen LogP contribution in [0.4, 0.5) is 23.4 Å². The highest BCUT2D eigenvalue weighted by Gasteiger charge is 2.45. The van der Waals surface area contributed by atoms with Crippen LogP contribution in [-0.4, -0.2) is 75.4 Å². The minimum absolute atomic E-state index is 0.0208. The molecule has 0 aliphatic carbocycles. The largest absolute Gasteiger partial charge is 0.508 e. The number of hydrogen-bond donors (Lipinski definition) is 2. The topological polar surface area (TPSA) is 86.6 Å². The number of phenols is 1. The number of pyridine rings is 1. The Hall–Kier alpha value is -2.96. The first kappa shape index (κ1) is 26.9. The highest BCUT2D eigenvalue weighted by molar-refractivity contribution is 6.32. The zero-order valence-corrected chi connectivity index (χ0v) is 22.9. The summed E-state index contributed by atoms with van der Waals surface area (Å²) >= 11 is 5.88. The van der Waals surface area contributed by atoms with Crippen molar-refractivity contribution in [1.29, 1.82) is 0 Å². The van der Waals surface area contributed by atoms with Gasteiger partial charge in [-0.25, -0.2) is 4.39 Å². The van der Waals surface area contributed by atoms with Crippen molar-refractivity contribution in [2.75, 3.05) is 37.7 Å². The van der Waals surface area contributed by atoms with Crippen LogP contribution in [0.5, 0.6) is 11.8 Å². The lowest BCUT2D eigenvalue weighted by Gasteiger charge is -2.34. The van der Waals surface area contributed by atoms with E-state index < -0.39 is 39.6 Å². The van der Waals surface area contributed by atoms with Gasteiger partial charge in [0.25, 0.3) is 0 Å². The summed E-state index contributed by atoms with van der Waals surface area (Å²) in [5, 5.41) is 13.1. The molecule has 4 aliphatic heterocycles. The zero-order chi connectivity index (χ0) is 28.5. The van der Waals surface area contributed by atoms with Gasteiger partial charge in [-0.15, -0.1) is 0 Å². The van der Waals surface area contributed by atoms with E-state index in [4.69, 9.17) is 21.3 Å². The van der Waals surface area contributed by atoms with Crippen LogP contribution in [0.2, 0.25) is 5.02 Å². The van der Waals surface area contributed by atoms with Crippen LogP contribution < -0.4 is 15.0 Å². The lowest BCUT2D eigenvalue weighted by molar-refractivity contribution is -0.137. The average Bonchev–Trinajstić information content (AvgIpc) is 3.59. The smallest absolute Gasteiger partial charge is 0.418 e.